The van der Waals surface area contributed by atoms with E-state index in [0.717, 1.165) is 6.42 Å². The van der Waals surface area contributed by atoms with Crippen LogP contribution >= 0.6 is 0 Å². The molecule has 1 N–H and O–H groups in total. The van der Waals surface area contributed by atoms with E-state index in [4.69, 9.17) is 0 Å². The minimum atomic E-state index is -0.594. The van der Waals surface area contributed by atoms with E-state index in [0.29, 0.717) is 12.8 Å². The van der Waals surface area contributed by atoms with Gasteiger partial charge in [-0.2, -0.15) is 0 Å². The molecule has 0 atom stereocenters. The predicted molar refractivity (Wildman–Crippen MR) is 44.9 cm³/mol. The van der Waals surface area contributed by atoms with Crippen LogP contribution in [-0.2, 0) is 0 Å². The summed E-state index contributed by atoms with van der Waals surface area (Å²) in [5.41, 5.74) is -0.594. The van der Waals surface area contributed by atoms with Crippen LogP contribution in [0.4, 0.5) is 0 Å². The SMILES string of the molecule is C=CCC(O)(CC)CC=C. The van der Waals surface area contributed by atoms with Gasteiger partial charge in [-0.25, -0.2) is 0 Å². The number of hydrogen-bond donors (Lipinski definition) is 1. The van der Waals surface area contributed by atoms with Gasteiger partial charge in [-0.3, -0.25) is 0 Å². The summed E-state index contributed by atoms with van der Waals surface area (Å²) in [4.78, 5) is 0. The van der Waals surface area contributed by atoms with Crippen LogP contribution < -0.4 is 0 Å². The lowest BCUT2D eigenvalue weighted by Gasteiger charge is -2.23. The van der Waals surface area contributed by atoms with Crippen molar-refractivity contribution in [3.8, 4) is 0 Å². The van der Waals surface area contributed by atoms with Crippen molar-refractivity contribution >= 4 is 0 Å². The maximum Gasteiger partial charge on any atom is 0.0713 e. The molecule has 0 aromatic rings. The molecule has 0 aliphatic heterocycles. The van der Waals surface area contributed by atoms with Crippen LogP contribution in [0.1, 0.15) is 26.2 Å². The highest BCUT2D eigenvalue weighted by molar-refractivity contribution is 4.90. The van der Waals surface area contributed by atoms with Gasteiger partial charge in [0, 0.05) is 0 Å². The molecule has 0 saturated carbocycles. The van der Waals surface area contributed by atoms with Crippen molar-refractivity contribution < 1.29 is 5.11 Å². The van der Waals surface area contributed by atoms with Gasteiger partial charge in [-0.05, 0) is 19.3 Å². The smallest absolute Gasteiger partial charge is 0.0713 e. The van der Waals surface area contributed by atoms with E-state index in [1.165, 1.54) is 0 Å². The zero-order valence-corrected chi connectivity index (χ0v) is 6.64. The number of aliphatic hydroxyl groups is 1. The minimum absolute atomic E-state index is 0.594. The summed E-state index contributed by atoms with van der Waals surface area (Å²) in [6.07, 6.45) is 5.54. The van der Waals surface area contributed by atoms with Gasteiger partial charge >= 0.3 is 0 Å². The van der Waals surface area contributed by atoms with E-state index in [2.05, 4.69) is 13.2 Å². The molecule has 0 spiro atoms. The summed E-state index contributed by atoms with van der Waals surface area (Å²) in [6, 6.07) is 0. The Labute approximate surface area is 63.1 Å². The van der Waals surface area contributed by atoms with Gasteiger partial charge in [0.1, 0.15) is 0 Å². The molecule has 0 aliphatic rings. The maximum absolute atomic E-state index is 9.68. The van der Waals surface area contributed by atoms with E-state index in [9.17, 15) is 5.11 Å². The number of hydrogen-bond acceptors (Lipinski definition) is 1. The van der Waals surface area contributed by atoms with Crippen molar-refractivity contribution in [1.29, 1.82) is 0 Å². The molecule has 0 fully saturated rings. The van der Waals surface area contributed by atoms with Crippen LogP contribution in [0, 0.1) is 0 Å². The molecule has 0 aromatic heterocycles. The van der Waals surface area contributed by atoms with E-state index >= 15 is 0 Å². The van der Waals surface area contributed by atoms with E-state index in [1.807, 2.05) is 6.92 Å². The van der Waals surface area contributed by atoms with Crippen LogP contribution in [0.3, 0.4) is 0 Å². The third kappa shape index (κ3) is 2.83. The van der Waals surface area contributed by atoms with Gasteiger partial charge in [0.25, 0.3) is 0 Å². The van der Waals surface area contributed by atoms with Gasteiger partial charge in [0.2, 0.25) is 0 Å². The van der Waals surface area contributed by atoms with Gasteiger partial charge < -0.3 is 5.11 Å². The first-order chi connectivity index (χ1) is 4.68. The fraction of sp³-hybridized carbons (Fsp3) is 0.556. The van der Waals surface area contributed by atoms with E-state index in [-0.39, 0.29) is 0 Å². The molecular weight excluding hydrogens is 124 g/mol. The Morgan fingerprint density at radius 1 is 1.30 bits per heavy atom. The van der Waals surface area contributed by atoms with Crippen molar-refractivity contribution in [2.75, 3.05) is 0 Å². The molecule has 0 aliphatic carbocycles. The van der Waals surface area contributed by atoms with Crippen LogP contribution in [0.2, 0.25) is 0 Å². The largest absolute Gasteiger partial charge is 0.389 e. The summed E-state index contributed by atoms with van der Waals surface area (Å²) >= 11 is 0. The third-order valence-corrected chi connectivity index (χ3v) is 1.71. The molecule has 0 bridgehead atoms. The first-order valence-electron chi connectivity index (χ1n) is 3.62. The Bertz CT molecular complexity index is 106. The summed E-state index contributed by atoms with van der Waals surface area (Å²) in [5, 5.41) is 9.68. The molecule has 0 radical (unpaired) electrons. The lowest BCUT2D eigenvalue weighted by molar-refractivity contribution is 0.0425. The third-order valence-electron chi connectivity index (χ3n) is 1.71. The lowest BCUT2D eigenvalue weighted by Crippen LogP contribution is -2.25. The van der Waals surface area contributed by atoms with E-state index in [1.54, 1.807) is 12.2 Å². The van der Waals surface area contributed by atoms with Gasteiger partial charge in [-0.15, -0.1) is 13.2 Å². The molecule has 10 heavy (non-hydrogen) atoms. The van der Waals surface area contributed by atoms with Crippen molar-refractivity contribution in [2.45, 2.75) is 31.8 Å². The molecule has 0 aromatic carbocycles. The molecule has 1 nitrogen and oxygen atoms in total. The van der Waals surface area contributed by atoms with Crippen molar-refractivity contribution in [1.82, 2.24) is 0 Å². The Morgan fingerprint density at radius 2 is 1.70 bits per heavy atom. The summed E-state index contributed by atoms with van der Waals surface area (Å²) in [7, 11) is 0. The van der Waals surface area contributed by atoms with Crippen molar-refractivity contribution in [3.63, 3.8) is 0 Å². The highest BCUT2D eigenvalue weighted by atomic mass is 16.3. The van der Waals surface area contributed by atoms with Crippen LogP contribution in [0.25, 0.3) is 0 Å². The molecule has 0 saturated heterocycles. The van der Waals surface area contributed by atoms with Gasteiger partial charge in [0.05, 0.1) is 5.60 Å². The average molecular weight is 140 g/mol. The van der Waals surface area contributed by atoms with E-state index < -0.39 is 5.60 Å². The highest BCUT2D eigenvalue weighted by Crippen LogP contribution is 2.19. The quantitative estimate of drug-likeness (QED) is 0.581. The monoisotopic (exact) mass is 140 g/mol. The molecule has 1 heteroatoms. The molecular formula is C9H16O. The maximum atomic E-state index is 9.68. The fourth-order valence-electron chi connectivity index (χ4n) is 0.909. The van der Waals surface area contributed by atoms with Crippen LogP contribution in [-0.4, -0.2) is 10.7 Å². The summed E-state index contributed by atoms with van der Waals surface area (Å²) in [5.74, 6) is 0. The second-order valence-corrected chi connectivity index (χ2v) is 2.56. The molecule has 58 valence electrons. The van der Waals surface area contributed by atoms with Crippen molar-refractivity contribution in [2.24, 2.45) is 0 Å². The minimum Gasteiger partial charge on any atom is -0.389 e. The molecule has 0 unspecified atom stereocenters. The first-order valence-corrected chi connectivity index (χ1v) is 3.62. The second-order valence-electron chi connectivity index (χ2n) is 2.56. The fourth-order valence-corrected chi connectivity index (χ4v) is 0.909. The Morgan fingerprint density at radius 3 is 1.90 bits per heavy atom. The summed E-state index contributed by atoms with van der Waals surface area (Å²) < 4.78 is 0. The molecule has 0 rings (SSSR count). The standard InChI is InChI=1S/C9H16O/c1-4-7-9(10,6-3)8-5-2/h4-5,10H,1-2,6-8H2,3H3. The second kappa shape index (κ2) is 4.29. The average Bonchev–Trinajstić information content (AvgIpc) is 1.89. The highest BCUT2D eigenvalue weighted by Gasteiger charge is 2.19. The Balaban J connectivity index is 3.92. The zero-order chi connectivity index (χ0) is 8.04. The first kappa shape index (κ1) is 9.44. The molecule has 0 amide bonds. The van der Waals surface area contributed by atoms with Crippen LogP contribution in [0.15, 0.2) is 25.3 Å². The van der Waals surface area contributed by atoms with Gasteiger partial charge in [-0.1, -0.05) is 19.1 Å². The van der Waals surface area contributed by atoms with Gasteiger partial charge in [0.15, 0.2) is 0 Å². The predicted octanol–water partition coefficient (Wildman–Crippen LogP) is 2.28. The normalized spacial score (nSPS) is 11.0. The lowest BCUT2D eigenvalue weighted by atomic mass is 9.93. The number of rotatable bonds is 5. The Hall–Kier alpha value is -0.560. The topological polar surface area (TPSA) is 20.2 Å². The van der Waals surface area contributed by atoms with Crippen LogP contribution in [0.5, 0.6) is 0 Å². The zero-order valence-electron chi connectivity index (χ0n) is 6.64. The Kier molecular flexibility index (Phi) is 4.05. The summed E-state index contributed by atoms with van der Waals surface area (Å²) in [6.45, 7) is 9.13. The van der Waals surface area contributed by atoms with Crippen molar-refractivity contribution in [3.05, 3.63) is 25.3 Å². The molecule has 0 heterocycles.